The lowest BCUT2D eigenvalue weighted by atomic mass is 10.3. The summed E-state index contributed by atoms with van der Waals surface area (Å²) >= 11 is 0. The Morgan fingerprint density at radius 3 is 2.86 bits per heavy atom. The molecule has 1 rings (SSSR count). The number of aromatic nitrogens is 1. The fourth-order valence-corrected chi connectivity index (χ4v) is 1.06. The van der Waals surface area contributed by atoms with Crippen molar-refractivity contribution in [3.05, 3.63) is 17.5 Å². The summed E-state index contributed by atoms with van der Waals surface area (Å²) in [7, 11) is 1.73. The lowest BCUT2D eigenvalue weighted by molar-refractivity contribution is -0.142. The Morgan fingerprint density at radius 2 is 2.43 bits per heavy atom. The Morgan fingerprint density at radius 1 is 1.79 bits per heavy atom. The van der Waals surface area contributed by atoms with E-state index in [9.17, 15) is 4.79 Å². The number of nitrogens with zero attached hydrogens (tertiary/aromatic N) is 2. The molecule has 0 aromatic carbocycles. The van der Waals surface area contributed by atoms with Crippen LogP contribution in [0.1, 0.15) is 18.4 Å². The molecule has 0 aliphatic rings. The standard InChI is InChI=1S/C9H14N2O3/c1-6-4-8(14-10-6)5-11(3)7(2)9(12)13/h4,7H,5H2,1-3H3,(H,12,13). The summed E-state index contributed by atoms with van der Waals surface area (Å²) in [5.74, 6) is -0.165. The van der Waals surface area contributed by atoms with Gasteiger partial charge in [-0.05, 0) is 20.9 Å². The van der Waals surface area contributed by atoms with E-state index in [1.54, 1.807) is 24.9 Å². The molecule has 0 saturated carbocycles. The van der Waals surface area contributed by atoms with Crippen molar-refractivity contribution in [3.8, 4) is 0 Å². The van der Waals surface area contributed by atoms with Gasteiger partial charge in [0.2, 0.25) is 0 Å². The van der Waals surface area contributed by atoms with Gasteiger partial charge in [-0.2, -0.15) is 0 Å². The molecule has 14 heavy (non-hydrogen) atoms. The van der Waals surface area contributed by atoms with Crippen molar-refractivity contribution in [3.63, 3.8) is 0 Å². The van der Waals surface area contributed by atoms with Crippen LogP contribution in [0.3, 0.4) is 0 Å². The molecule has 1 heterocycles. The number of carbonyl (C=O) groups is 1. The van der Waals surface area contributed by atoms with Crippen molar-refractivity contribution in [2.75, 3.05) is 7.05 Å². The molecule has 0 aliphatic heterocycles. The van der Waals surface area contributed by atoms with Crippen molar-refractivity contribution in [1.82, 2.24) is 10.1 Å². The second-order valence-corrected chi connectivity index (χ2v) is 3.36. The number of aryl methyl sites for hydroxylation is 1. The third kappa shape index (κ3) is 2.56. The molecule has 0 spiro atoms. The molecule has 5 nitrogen and oxygen atoms in total. The minimum absolute atomic E-state index is 0.453. The van der Waals surface area contributed by atoms with E-state index in [1.165, 1.54) is 0 Å². The van der Waals surface area contributed by atoms with Gasteiger partial charge in [0, 0.05) is 6.07 Å². The molecule has 1 unspecified atom stereocenters. The first kappa shape index (κ1) is 10.7. The number of likely N-dealkylation sites (N-methyl/N-ethyl adjacent to an activating group) is 1. The van der Waals surface area contributed by atoms with Gasteiger partial charge in [-0.25, -0.2) is 0 Å². The van der Waals surface area contributed by atoms with Crippen LogP contribution >= 0.6 is 0 Å². The molecule has 0 radical (unpaired) electrons. The zero-order valence-corrected chi connectivity index (χ0v) is 8.52. The zero-order valence-electron chi connectivity index (χ0n) is 8.52. The maximum atomic E-state index is 10.6. The average Bonchev–Trinajstić information content (AvgIpc) is 2.49. The molecule has 1 aromatic heterocycles. The van der Waals surface area contributed by atoms with E-state index in [0.717, 1.165) is 5.69 Å². The second kappa shape index (κ2) is 4.23. The Labute approximate surface area is 82.3 Å². The molecule has 5 heteroatoms. The van der Waals surface area contributed by atoms with E-state index in [2.05, 4.69) is 5.16 Å². The van der Waals surface area contributed by atoms with Crippen LogP contribution in [0.15, 0.2) is 10.6 Å². The highest BCUT2D eigenvalue weighted by Crippen LogP contribution is 2.07. The number of hydrogen-bond acceptors (Lipinski definition) is 4. The fourth-order valence-electron chi connectivity index (χ4n) is 1.06. The van der Waals surface area contributed by atoms with E-state index >= 15 is 0 Å². The van der Waals surface area contributed by atoms with Crippen LogP contribution in [0.2, 0.25) is 0 Å². The van der Waals surface area contributed by atoms with Crippen LogP contribution in [0.25, 0.3) is 0 Å². The maximum Gasteiger partial charge on any atom is 0.320 e. The van der Waals surface area contributed by atoms with Crippen LogP contribution in [0.5, 0.6) is 0 Å². The Kier molecular flexibility index (Phi) is 3.24. The van der Waals surface area contributed by atoms with Gasteiger partial charge in [-0.1, -0.05) is 5.16 Å². The predicted molar refractivity (Wildman–Crippen MR) is 49.8 cm³/mol. The van der Waals surface area contributed by atoms with Gasteiger partial charge in [-0.15, -0.1) is 0 Å². The van der Waals surface area contributed by atoms with Crippen molar-refractivity contribution in [2.45, 2.75) is 26.4 Å². The average molecular weight is 198 g/mol. The summed E-state index contributed by atoms with van der Waals surface area (Å²) in [6.07, 6.45) is 0. The van der Waals surface area contributed by atoms with E-state index in [1.807, 2.05) is 6.92 Å². The molecule has 0 amide bonds. The van der Waals surface area contributed by atoms with Gasteiger partial charge in [0.25, 0.3) is 0 Å². The minimum atomic E-state index is -0.844. The van der Waals surface area contributed by atoms with Crippen molar-refractivity contribution < 1.29 is 14.4 Å². The van der Waals surface area contributed by atoms with Gasteiger partial charge in [0.1, 0.15) is 6.04 Å². The Hall–Kier alpha value is -1.36. The molecular weight excluding hydrogens is 184 g/mol. The van der Waals surface area contributed by atoms with Crippen LogP contribution in [-0.4, -0.2) is 34.2 Å². The summed E-state index contributed by atoms with van der Waals surface area (Å²) in [6, 6.07) is 1.27. The lowest BCUT2D eigenvalue weighted by Gasteiger charge is -2.18. The van der Waals surface area contributed by atoms with Crippen LogP contribution in [-0.2, 0) is 11.3 Å². The van der Waals surface area contributed by atoms with Gasteiger partial charge < -0.3 is 9.63 Å². The molecule has 0 aliphatic carbocycles. The van der Waals surface area contributed by atoms with E-state index in [0.29, 0.717) is 12.3 Å². The smallest absolute Gasteiger partial charge is 0.320 e. The number of carboxylic acids is 1. The largest absolute Gasteiger partial charge is 0.480 e. The topological polar surface area (TPSA) is 66.6 Å². The molecule has 1 atom stereocenters. The molecule has 0 bridgehead atoms. The zero-order chi connectivity index (χ0) is 10.7. The summed E-state index contributed by atoms with van der Waals surface area (Å²) in [6.45, 7) is 3.91. The molecule has 0 saturated heterocycles. The van der Waals surface area contributed by atoms with E-state index in [4.69, 9.17) is 9.63 Å². The number of rotatable bonds is 4. The summed E-state index contributed by atoms with van der Waals surface area (Å²) in [5.41, 5.74) is 0.802. The highest BCUT2D eigenvalue weighted by molar-refractivity contribution is 5.72. The van der Waals surface area contributed by atoms with Gasteiger partial charge in [0.05, 0.1) is 12.2 Å². The first-order valence-electron chi connectivity index (χ1n) is 4.36. The van der Waals surface area contributed by atoms with Crippen molar-refractivity contribution in [2.24, 2.45) is 0 Å². The van der Waals surface area contributed by atoms with Crippen LogP contribution in [0, 0.1) is 6.92 Å². The summed E-state index contributed by atoms with van der Waals surface area (Å²) in [5, 5.41) is 12.5. The highest BCUT2D eigenvalue weighted by atomic mass is 16.5. The maximum absolute atomic E-state index is 10.6. The predicted octanol–water partition coefficient (Wildman–Crippen LogP) is 0.888. The van der Waals surface area contributed by atoms with E-state index < -0.39 is 12.0 Å². The fraction of sp³-hybridized carbons (Fsp3) is 0.556. The SMILES string of the molecule is Cc1cc(CN(C)C(C)C(=O)O)on1. The molecule has 78 valence electrons. The number of aliphatic carboxylic acids is 1. The second-order valence-electron chi connectivity index (χ2n) is 3.36. The van der Waals surface area contributed by atoms with Crippen molar-refractivity contribution in [1.29, 1.82) is 0 Å². The number of carboxylic acid groups (broad SMARTS) is 1. The Bertz CT molecular complexity index is 322. The monoisotopic (exact) mass is 198 g/mol. The normalized spacial score (nSPS) is 13.1. The number of hydrogen-bond donors (Lipinski definition) is 1. The minimum Gasteiger partial charge on any atom is -0.480 e. The van der Waals surface area contributed by atoms with Crippen LogP contribution < -0.4 is 0 Å². The molecular formula is C9H14N2O3. The van der Waals surface area contributed by atoms with Gasteiger partial charge in [0.15, 0.2) is 5.76 Å². The molecule has 1 N–H and O–H groups in total. The summed E-state index contributed by atoms with van der Waals surface area (Å²) in [4.78, 5) is 12.3. The van der Waals surface area contributed by atoms with Crippen LogP contribution in [0.4, 0.5) is 0 Å². The van der Waals surface area contributed by atoms with Crippen molar-refractivity contribution >= 4 is 5.97 Å². The Balaban J connectivity index is 2.56. The van der Waals surface area contributed by atoms with Gasteiger partial charge >= 0.3 is 5.97 Å². The van der Waals surface area contributed by atoms with E-state index in [-0.39, 0.29) is 0 Å². The molecule has 0 fully saturated rings. The van der Waals surface area contributed by atoms with Gasteiger partial charge in [-0.3, -0.25) is 9.69 Å². The first-order valence-corrected chi connectivity index (χ1v) is 4.36. The lowest BCUT2D eigenvalue weighted by Crippen LogP contribution is -2.35. The quantitative estimate of drug-likeness (QED) is 0.778. The highest BCUT2D eigenvalue weighted by Gasteiger charge is 2.17. The first-order chi connectivity index (χ1) is 6.50. The molecule has 1 aromatic rings. The third-order valence-corrected chi connectivity index (χ3v) is 2.10. The third-order valence-electron chi connectivity index (χ3n) is 2.10. The summed E-state index contributed by atoms with van der Waals surface area (Å²) < 4.78 is 4.98.